The van der Waals surface area contributed by atoms with Crippen molar-refractivity contribution in [3.05, 3.63) is 131 Å². The molecule has 3 aliphatic heterocycles. The van der Waals surface area contributed by atoms with Crippen molar-refractivity contribution in [2.75, 3.05) is 48.3 Å². The maximum atomic E-state index is 13.5. The predicted molar refractivity (Wildman–Crippen MR) is 249 cm³/mol. The quantitative estimate of drug-likeness (QED) is 0.0355. The number of nitrogens with zero attached hydrogens (tertiary/aromatic N) is 3. The van der Waals surface area contributed by atoms with Crippen LogP contribution in [0.5, 0.6) is 0 Å². The number of aromatic nitrogens is 8. The van der Waals surface area contributed by atoms with Crippen LogP contribution in [0.3, 0.4) is 0 Å². The van der Waals surface area contributed by atoms with E-state index in [1.165, 1.54) is 0 Å². The smallest absolute Gasteiger partial charge is 0.394 e. The summed E-state index contributed by atoms with van der Waals surface area (Å²) in [5, 5.41) is 38.3. The number of halogens is 4. The van der Waals surface area contributed by atoms with Gasteiger partial charge < -0.3 is 49.4 Å². The molecular weight excluding hydrogens is 1200 g/mol. The molecule has 37 nitrogen and oxygen atoms in total. The first-order valence-electron chi connectivity index (χ1n) is 21.6. The predicted octanol–water partition coefficient (Wildman–Crippen LogP) is -2.76. The summed E-state index contributed by atoms with van der Waals surface area (Å²) in [5.41, 5.74) is -7.97. The number of phosphoric ester groups is 3. The number of H-pyrrole nitrogens is 5. The molecule has 0 radical (unpaired) electrons. The van der Waals surface area contributed by atoms with Gasteiger partial charge in [-0.05, 0) is 0 Å². The summed E-state index contributed by atoms with van der Waals surface area (Å²) in [6, 6.07) is 0. The molecule has 0 saturated carbocycles. The van der Waals surface area contributed by atoms with Gasteiger partial charge in [0.25, 0.3) is 22.2 Å². The van der Waals surface area contributed by atoms with Crippen molar-refractivity contribution in [2.45, 2.75) is 74.6 Å². The second kappa shape index (κ2) is 28.6. The Kier molecular flexibility index (Phi) is 24.0. The molecule has 80 heavy (non-hydrogen) atoms. The summed E-state index contributed by atoms with van der Waals surface area (Å²) >= 11 is 0. The maximum absolute atomic E-state index is 13.5. The largest absolute Gasteiger partial charge is 0.492 e. The minimum Gasteiger partial charge on any atom is -0.394 e. The van der Waals surface area contributed by atoms with E-state index >= 15 is 0 Å². The van der Waals surface area contributed by atoms with Gasteiger partial charge in [0.15, 0.2) is 0 Å². The first kappa shape index (κ1) is 67.2. The fourth-order valence-electron chi connectivity index (χ4n) is 6.40. The Morgan fingerprint density at radius 3 is 1.23 bits per heavy atom. The van der Waals surface area contributed by atoms with Gasteiger partial charge >= 0.3 is 54.0 Å². The maximum Gasteiger partial charge on any atom is 0.492 e. The highest BCUT2D eigenvalue weighted by molar-refractivity contribution is 7.67. The third kappa shape index (κ3) is 18.6. The molecule has 450 valence electrons. The lowest BCUT2D eigenvalue weighted by molar-refractivity contribution is -0.0462. The van der Waals surface area contributed by atoms with Gasteiger partial charge in [0.05, 0.1) is 56.7 Å². The Hall–Kier alpha value is -5.32. The van der Waals surface area contributed by atoms with Gasteiger partial charge in [-0.15, -0.1) is 0 Å². The third-order valence-electron chi connectivity index (χ3n) is 10.4. The molecule has 0 aliphatic carbocycles. The van der Waals surface area contributed by atoms with Crippen LogP contribution >= 0.6 is 31.3 Å². The zero-order chi connectivity index (χ0) is 60.2. The number of hydrogen-bond acceptors (Lipinski definition) is 27. The topological polar surface area (TPSA) is 521 Å². The molecule has 0 amide bonds. The number of nitrogens with one attached hydrogen (secondary N) is 5. The van der Waals surface area contributed by atoms with E-state index in [2.05, 4.69) is 31.2 Å². The van der Waals surface area contributed by atoms with Crippen LogP contribution in [0.2, 0.25) is 0 Å². The molecule has 45 heteroatoms. The van der Waals surface area contributed by atoms with Crippen LogP contribution in [0, 0.1) is 23.3 Å². The Labute approximate surface area is 439 Å². The van der Waals surface area contributed by atoms with Crippen LogP contribution in [-0.2, 0) is 68.2 Å². The van der Waals surface area contributed by atoms with Crippen molar-refractivity contribution in [3.8, 4) is 0 Å². The number of aliphatic hydroxyl groups excluding tert-OH is 4. The van der Waals surface area contributed by atoms with E-state index < -0.39 is 175 Å². The molecule has 3 fully saturated rings. The molecule has 13 atom stereocenters. The summed E-state index contributed by atoms with van der Waals surface area (Å²) in [5.74, 6) is -4.56. The first-order valence-corrected chi connectivity index (χ1v) is 27.6. The van der Waals surface area contributed by atoms with Crippen LogP contribution in [0.15, 0.2) is 63.1 Å². The highest BCUT2D eigenvalue weighted by Crippen LogP contribution is 2.71. The van der Waals surface area contributed by atoms with Crippen molar-refractivity contribution < 1.29 is 116 Å². The second-order valence-electron chi connectivity index (χ2n) is 15.6. The van der Waals surface area contributed by atoms with E-state index in [1.54, 1.807) is 19.9 Å². The van der Waals surface area contributed by atoms with Crippen molar-refractivity contribution in [2.24, 2.45) is 0 Å². The Balaban J connectivity index is 0.000000248. The average Bonchev–Trinajstić information content (AvgIpc) is 4.10. The monoisotopic (exact) mass is 1240 g/mol. The van der Waals surface area contributed by atoms with E-state index in [0.717, 1.165) is 43.8 Å². The van der Waals surface area contributed by atoms with Crippen molar-refractivity contribution in [1.29, 1.82) is 0 Å². The summed E-state index contributed by atoms with van der Waals surface area (Å²) in [7, 11) is -15.7. The number of aliphatic hydroxyl groups is 4. The molecule has 4 aromatic rings. The number of rotatable bonds is 18. The fourth-order valence-corrected chi connectivity index (χ4v) is 10.9. The third-order valence-corrected chi connectivity index (χ3v) is 16.4. The minimum atomic E-state index is -5.00. The molecule has 7 rings (SSSR count). The lowest BCUT2D eigenvalue weighted by atomic mass is 10.2. The normalized spacial score (nSPS) is 25.5. The second-order valence-corrected chi connectivity index (χ2v) is 22.6. The van der Waals surface area contributed by atoms with E-state index in [9.17, 15) is 94.4 Å². The minimum absolute atomic E-state index is 0.0383. The van der Waals surface area contributed by atoms with Gasteiger partial charge in [0.2, 0.25) is 23.3 Å². The zero-order valence-corrected chi connectivity index (χ0v) is 44.5. The van der Waals surface area contributed by atoms with Gasteiger partial charge in [0, 0.05) is 53.9 Å². The highest BCUT2D eigenvalue weighted by atomic mass is 31.3. The summed E-state index contributed by atoms with van der Waals surface area (Å²) in [4.78, 5) is 115. The van der Waals surface area contributed by atoms with Crippen molar-refractivity contribution in [3.63, 3.8) is 0 Å². The highest BCUT2D eigenvalue weighted by Gasteiger charge is 2.46. The molecule has 11 N–H and O–H groups in total. The Bertz CT molecular complexity index is 3480. The van der Waals surface area contributed by atoms with Gasteiger partial charge in [-0.25, -0.2) is 37.4 Å². The van der Waals surface area contributed by atoms with Gasteiger partial charge in [0.1, 0.15) is 37.0 Å². The van der Waals surface area contributed by atoms with Crippen LogP contribution in [0.4, 0.5) is 17.6 Å². The Morgan fingerprint density at radius 2 is 0.887 bits per heavy atom. The standard InChI is InChI=1S/C12H20FN2O14P3.C10H14FN2O8P.C9H11FN2O5.C4H3FN2O2/c1-23-30(19,20)28-32(22,25-3)29-31(21,24-2)26-6-9-8(16)4-10(27-9)15-5-7(13)11(17)14-12(15)18;1-19-22(17,18)20-4-7-6(14)2-8(21-7)13-3-5(11)9(15)12-10(13)16;10-4-2-12(9(16)11-8(4)15)7-1-5(14)6(3-13)17-7;5-2-1-6-4(9)7-3(2)8/h5,8-10,16H,4,6H2,1-3H3,(H,19,20)(H,14,17,18);3,6-8,14H,2,4H2,1H3,(H,17,18)(H,12,15,16);2,5-7,13-14H,1,3H2,(H,11,15,16);1H,(H2,6,7,8,9). The first-order chi connectivity index (χ1) is 37.2. The van der Waals surface area contributed by atoms with Crippen molar-refractivity contribution >= 4 is 31.3 Å². The van der Waals surface area contributed by atoms with Gasteiger partial charge in [-0.3, -0.25) is 80.0 Å². The van der Waals surface area contributed by atoms with Crippen LogP contribution in [0.25, 0.3) is 0 Å². The lowest BCUT2D eigenvalue weighted by Crippen LogP contribution is -2.34. The molecule has 7 heterocycles. The molecule has 13 unspecified atom stereocenters. The summed E-state index contributed by atoms with van der Waals surface area (Å²) in [6.45, 7) is -1.62. The summed E-state index contributed by atoms with van der Waals surface area (Å²) in [6.07, 6.45) is -7.33. The SMILES string of the molecule is COP(=O)(O)OCC1OC(n2cc(F)c(=O)[nH]c2=O)CC1O.COP(=O)(O)OP(=O)(OC)OP(=O)(OC)OCC1OC(n2cc(F)c(=O)[nH]c2=O)CC1O.O=c1[nH]c(=O)n(C2CC(O)C(CO)O2)cc1F.O=c1[nH]cc(F)c(=O)[nH]1. The van der Waals surface area contributed by atoms with Crippen LogP contribution in [-0.4, -0.2) is 154 Å². The molecule has 0 spiro atoms. The molecule has 0 aromatic carbocycles. The van der Waals surface area contributed by atoms with Crippen molar-refractivity contribution in [1.82, 2.24) is 38.6 Å². The van der Waals surface area contributed by atoms with Crippen LogP contribution in [0.1, 0.15) is 37.9 Å². The molecule has 3 saturated heterocycles. The van der Waals surface area contributed by atoms with Gasteiger partial charge in [-0.2, -0.15) is 26.2 Å². The Morgan fingerprint density at radius 1 is 0.525 bits per heavy atom. The van der Waals surface area contributed by atoms with E-state index in [-0.39, 0.29) is 19.3 Å². The van der Waals surface area contributed by atoms with Crippen LogP contribution < -0.4 is 45.0 Å². The molecule has 3 aliphatic rings. The zero-order valence-electron chi connectivity index (χ0n) is 41.0. The lowest BCUT2D eigenvalue weighted by Gasteiger charge is -2.23. The van der Waals surface area contributed by atoms with E-state index in [0.29, 0.717) is 23.2 Å². The fraction of sp³-hybridized carbons (Fsp3) is 0.543. The number of ether oxygens (including phenoxy) is 3. The molecule has 0 bridgehead atoms. The van der Waals surface area contributed by atoms with E-state index in [4.69, 9.17) is 28.7 Å². The average molecular weight is 1240 g/mol. The van der Waals surface area contributed by atoms with Gasteiger partial charge in [-0.1, -0.05) is 0 Å². The summed E-state index contributed by atoms with van der Waals surface area (Å²) < 4.78 is 153. The molecule has 4 aromatic heterocycles. The van der Waals surface area contributed by atoms with E-state index in [1.807, 2.05) is 4.98 Å². The number of aromatic amines is 5. The molecular formula is C35H48F4N8O29P4. The number of hydrogen-bond donors (Lipinski definition) is 11. The number of phosphoric acid groups is 4.